The van der Waals surface area contributed by atoms with E-state index >= 15 is 0 Å². The number of aromatic nitrogens is 1. The maximum absolute atomic E-state index is 12.0. The third kappa shape index (κ3) is 4.44. The van der Waals surface area contributed by atoms with Gasteiger partial charge in [0, 0.05) is 17.3 Å². The number of anilines is 1. The summed E-state index contributed by atoms with van der Waals surface area (Å²) in [5.41, 5.74) is 4.14. The number of hydrogen-bond donors (Lipinski definition) is 2. The van der Waals surface area contributed by atoms with Gasteiger partial charge in [0.25, 0.3) is 0 Å². The zero-order chi connectivity index (χ0) is 17.8. The van der Waals surface area contributed by atoms with Crippen molar-refractivity contribution in [2.24, 2.45) is 0 Å². The van der Waals surface area contributed by atoms with Gasteiger partial charge in [-0.25, -0.2) is 4.98 Å². The third-order valence-electron chi connectivity index (χ3n) is 4.18. The number of rotatable bonds is 6. The average molecular weight is 353 g/mol. The Kier molecular flexibility index (Phi) is 5.46. The zero-order valence-corrected chi connectivity index (χ0v) is 15.6. The molecular weight excluding hydrogens is 330 g/mol. The van der Waals surface area contributed by atoms with Gasteiger partial charge in [-0.05, 0) is 62.2 Å². The van der Waals surface area contributed by atoms with Crippen molar-refractivity contribution in [3.05, 3.63) is 48.0 Å². The van der Waals surface area contributed by atoms with Crippen LogP contribution < -0.4 is 10.6 Å². The van der Waals surface area contributed by atoms with E-state index in [1.807, 2.05) is 24.3 Å². The fourth-order valence-corrected chi connectivity index (χ4v) is 3.54. The van der Waals surface area contributed by atoms with Crippen LogP contribution in [0.5, 0.6) is 0 Å². The van der Waals surface area contributed by atoms with Crippen LogP contribution in [0.2, 0.25) is 0 Å². The molecule has 0 aliphatic carbocycles. The molecule has 0 aliphatic heterocycles. The average Bonchev–Trinajstić information content (AvgIpc) is 3.03. The first-order valence-corrected chi connectivity index (χ1v) is 9.37. The van der Waals surface area contributed by atoms with E-state index in [0.29, 0.717) is 12.6 Å². The van der Waals surface area contributed by atoms with Gasteiger partial charge in [0.1, 0.15) is 5.01 Å². The molecule has 1 amide bonds. The van der Waals surface area contributed by atoms with E-state index in [4.69, 9.17) is 4.98 Å². The molecular formula is C20H23N3OS. The first kappa shape index (κ1) is 17.6. The molecule has 1 atom stereocenters. The van der Waals surface area contributed by atoms with Gasteiger partial charge in [0.15, 0.2) is 0 Å². The molecule has 2 aromatic carbocycles. The summed E-state index contributed by atoms with van der Waals surface area (Å²) in [4.78, 5) is 16.6. The number of hydrogen-bond acceptors (Lipinski definition) is 4. The third-order valence-corrected chi connectivity index (χ3v) is 5.25. The normalized spacial score (nSPS) is 12.3. The summed E-state index contributed by atoms with van der Waals surface area (Å²) in [6.07, 6.45) is 1.00. The van der Waals surface area contributed by atoms with Gasteiger partial charge in [0.2, 0.25) is 5.91 Å². The van der Waals surface area contributed by atoms with Crippen molar-refractivity contribution in [3.63, 3.8) is 0 Å². The molecule has 5 heteroatoms. The van der Waals surface area contributed by atoms with Crippen LogP contribution in [-0.2, 0) is 4.79 Å². The highest BCUT2D eigenvalue weighted by Crippen LogP contribution is 2.31. The summed E-state index contributed by atoms with van der Waals surface area (Å²) in [6, 6.07) is 14.5. The summed E-state index contributed by atoms with van der Waals surface area (Å²) < 4.78 is 1.20. The Labute approximate surface area is 152 Å². The smallest absolute Gasteiger partial charge is 0.238 e. The van der Waals surface area contributed by atoms with Gasteiger partial charge in [-0.3, -0.25) is 4.79 Å². The number of thiazole rings is 1. The second-order valence-corrected chi connectivity index (χ2v) is 7.34. The summed E-state index contributed by atoms with van der Waals surface area (Å²) >= 11 is 1.69. The lowest BCUT2D eigenvalue weighted by Gasteiger charge is -2.11. The topological polar surface area (TPSA) is 54.0 Å². The summed E-state index contributed by atoms with van der Waals surface area (Å²) in [5, 5.41) is 7.10. The fourth-order valence-electron chi connectivity index (χ4n) is 2.47. The van der Waals surface area contributed by atoms with Crippen LogP contribution in [0.4, 0.5) is 5.69 Å². The Morgan fingerprint density at radius 2 is 1.96 bits per heavy atom. The van der Waals surface area contributed by atoms with Crippen molar-refractivity contribution in [2.45, 2.75) is 33.2 Å². The van der Waals surface area contributed by atoms with Crippen molar-refractivity contribution in [3.8, 4) is 10.6 Å². The van der Waals surface area contributed by atoms with Crippen molar-refractivity contribution < 1.29 is 4.79 Å². The summed E-state index contributed by atoms with van der Waals surface area (Å²) in [6.45, 7) is 6.58. The number of aryl methyl sites for hydroxylation is 1. The second-order valence-electron chi connectivity index (χ2n) is 6.31. The van der Waals surface area contributed by atoms with Crippen molar-refractivity contribution in [1.29, 1.82) is 0 Å². The number of nitrogens with zero attached hydrogens (tertiary/aromatic N) is 1. The Morgan fingerprint density at radius 1 is 1.20 bits per heavy atom. The maximum Gasteiger partial charge on any atom is 0.238 e. The SMILES string of the molecule is CC[C@@H](C)NCC(=O)Nc1ccc(-c2nc3ccc(C)cc3s2)cc1. The standard InChI is InChI=1S/C20H23N3OS/c1-4-14(3)21-12-19(24)22-16-8-6-15(7-9-16)20-23-17-10-5-13(2)11-18(17)25-20/h5-11,14,21H,4,12H2,1-3H3,(H,22,24)/t14-/m1/s1. The number of nitrogens with one attached hydrogen (secondary N) is 2. The Bertz CT molecular complexity index is 870. The Balaban J connectivity index is 1.68. The minimum absolute atomic E-state index is 0.0245. The molecule has 0 fully saturated rings. The minimum Gasteiger partial charge on any atom is -0.325 e. The molecule has 1 heterocycles. The minimum atomic E-state index is -0.0245. The van der Waals surface area contributed by atoms with E-state index in [-0.39, 0.29) is 5.91 Å². The van der Waals surface area contributed by atoms with Crippen LogP contribution in [-0.4, -0.2) is 23.5 Å². The highest BCUT2D eigenvalue weighted by Gasteiger charge is 2.08. The highest BCUT2D eigenvalue weighted by molar-refractivity contribution is 7.21. The van der Waals surface area contributed by atoms with Crippen molar-refractivity contribution >= 4 is 33.1 Å². The van der Waals surface area contributed by atoms with E-state index in [1.54, 1.807) is 11.3 Å². The molecule has 0 saturated heterocycles. The van der Waals surface area contributed by atoms with Crippen LogP contribution in [0.3, 0.4) is 0 Å². The lowest BCUT2D eigenvalue weighted by atomic mass is 10.2. The van der Waals surface area contributed by atoms with Crippen LogP contribution >= 0.6 is 11.3 Å². The molecule has 0 saturated carbocycles. The monoisotopic (exact) mass is 353 g/mol. The molecule has 4 nitrogen and oxygen atoms in total. The molecule has 0 bridgehead atoms. The molecule has 0 spiro atoms. The van der Waals surface area contributed by atoms with Crippen molar-refractivity contribution in [1.82, 2.24) is 10.3 Å². The first-order valence-electron chi connectivity index (χ1n) is 8.56. The molecule has 2 N–H and O–H groups in total. The van der Waals surface area contributed by atoms with Gasteiger partial charge in [0.05, 0.1) is 16.8 Å². The number of carbonyl (C=O) groups is 1. The molecule has 3 aromatic rings. The first-order chi connectivity index (χ1) is 12.0. The van der Waals surface area contributed by atoms with E-state index < -0.39 is 0 Å². The Hall–Kier alpha value is -2.24. The van der Waals surface area contributed by atoms with E-state index in [1.165, 1.54) is 10.3 Å². The van der Waals surface area contributed by atoms with Gasteiger partial charge >= 0.3 is 0 Å². The second kappa shape index (κ2) is 7.76. The van der Waals surface area contributed by atoms with E-state index in [2.05, 4.69) is 49.6 Å². The molecule has 1 aromatic heterocycles. The van der Waals surface area contributed by atoms with Crippen LogP contribution in [0, 0.1) is 6.92 Å². The predicted molar refractivity (Wildman–Crippen MR) is 106 cm³/mol. The zero-order valence-electron chi connectivity index (χ0n) is 14.8. The number of amides is 1. The lowest BCUT2D eigenvalue weighted by molar-refractivity contribution is -0.115. The number of benzene rings is 2. The van der Waals surface area contributed by atoms with E-state index in [0.717, 1.165) is 28.2 Å². The van der Waals surface area contributed by atoms with Gasteiger partial charge in [-0.2, -0.15) is 0 Å². The lowest BCUT2D eigenvalue weighted by Crippen LogP contribution is -2.33. The molecule has 0 radical (unpaired) electrons. The highest BCUT2D eigenvalue weighted by atomic mass is 32.1. The van der Waals surface area contributed by atoms with Crippen LogP contribution in [0.1, 0.15) is 25.8 Å². The molecule has 0 aliphatic rings. The van der Waals surface area contributed by atoms with Crippen LogP contribution in [0.25, 0.3) is 20.8 Å². The molecule has 0 unspecified atom stereocenters. The Morgan fingerprint density at radius 3 is 2.68 bits per heavy atom. The molecule has 130 valence electrons. The molecule has 3 rings (SSSR count). The molecule has 25 heavy (non-hydrogen) atoms. The van der Waals surface area contributed by atoms with Crippen molar-refractivity contribution in [2.75, 3.05) is 11.9 Å². The number of fused-ring (bicyclic) bond motifs is 1. The van der Waals surface area contributed by atoms with E-state index in [9.17, 15) is 4.79 Å². The van der Waals surface area contributed by atoms with Crippen LogP contribution in [0.15, 0.2) is 42.5 Å². The predicted octanol–water partition coefficient (Wildman–Crippen LogP) is 4.60. The largest absolute Gasteiger partial charge is 0.325 e. The van der Waals surface area contributed by atoms with Gasteiger partial charge in [-0.15, -0.1) is 11.3 Å². The maximum atomic E-state index is 12.0. The summed E-state index contributed by atoms with van der Waals surface area (Å²) in [7, 11) is 0. The van der Waals surface area contributed by atoms with Gasteiger partial charge in [-0.1, -0.05) is 13.0 Å². The summed E-state index contributed by atoms with van der Waals surface area (Å²) in [5.74, 6) is -0.0245. The van der Waals surface area contributed by atoms with Gasteiger partial charge < -0.3 is 10.6 Å². The quantitative estimate of drug-likeness (QED) is 0.681. The number of carbonyl (C=O) groups excluding carboxylic acids is 1. The fraction of sp³-hybridized carbons (Fsp3) is 0.300.